The monoisotopic (exact) mass is 306 g/mol. The van der Waals surface area contributed by atoms with E-state index in [2.05, 4.69) is 16.3 Å². The molecule has 112 valence electrons. The summed E-state index contributed by atoms with van der Waals surface area (Å²) in [6.07, 6.45) is 1.10. The summed E-state index contributed by atoms with van der Waals surface area (Å²) in [6.45, 7) is 2.63. The first kappa shape index (κ1) is 14.4. The van der Waals surface area contributed by atoms with E-state index in [-0.39, 0.29) is 6.61 Å². The first-order valence-electron chi connectivity index (χ1n) is 7.17. The van der Waals surface area contributed by atoms with Gasteiger partial charge < -0.3 is 19.7 Å². The zero-order valence-corrected chi connectivity index (χ0v) is 12.5. The number of hydrogen-bond donors (Lipinski definition) is 2. The molecule has 1 aromatic heterocycles. The van der Waals surface area contributed by atoms with Crippen LogP contribution in [-0.4, -0.2) is 24.2 Å². The number of hydrogen-bond acceptors (Lipinski definition) is 4. The smallest absolute Gasteiger partial charge is 0.129 e. The largest absolute Gasteiger partial charge is 0.462 e. The summed E-state index contributed by atoms with van der Waals surface area (Å²) in [5, 5.41) is 13.3. The lowest BCUT2D eigenvalue weighted by Crippen LogP contribution is -2.31. The van der Waals surface area contributed by atoms with Crippen LogP contribution >= 0.6 is 11.6 Å². The van der Waals surface area contributed by atoms with E-state index in [1.165, 1.54) is 5.69 Å². The van der Waals surface area contributed by atoms with E-state index in [0.29, 0.717) is 18.3 Å². The van der Waals surface area contributed by atoms with Crippen LogP contribution in [0.5, 0.6) is 0 Å². The molecule has 1 fully saturated rings. The summed E-state index contributed by atoms with van der Waals surface area (Å²) in [5.74, 6) is 1.47. The fraction of sp³-hybridized carbons (Fsp3) is 0.375. The third-order valence-electron chi connectivity index (χ3n) is 3.80. The second-order valence-corrected chi connectivity index (χ2v) is 5.75. The summed E-state index contributed by atoms with van der Waals surface area (Å²) in [4.78, 5) is 2.34. The molecule has 21 heavy (non-hydrogen) atoms. The molecule has 1 aromatic carbocycles. The molecule has 2 heterocycles. The van der Waals surface area contributed by atoms with Gasteiger partial charge in [0.25, 0.3) is 0 Å². The summed E-state index contributed by atoms with van der Waals surface area (Å²) >= 11 is 6.04. The highest BCUT2D eigenvalue weighted by atomic mass is 35.5. The van der Waals surface area contributed by atoms with Gasteiger partial charge in [0, 0.05) is 29.8 Å². The highest BCUT2D eigenvalue weighted by Gasteiger charge is 2.22. The second-order valence-electron chi connectivity index (χ2n) is 5.32. The maximum atomic E-state index is 8.98. The topological polar surface area (TPSA) is 48.6 Å². The number of furan rings is 1. The molecule has 1 atom stereocenters. The second kappa shape index (κ2) is 6.52. The van der Waals surface area contributed by atoms with Gasteiger partial charge in [-0.2, -0.15) is 0 Å². The Balaban J connectivity index is 1.52. The Hall–Kier alpha value is -1.49. The van der Waals surface area contributed by atoms with E-state index < -0.39 is 0 Å². The number of aliphatic hydroxyl groups excluding tert-OH is 1. The van der Waals surface area contributed by atoms with Crippen LogP contribution in [0.3, 0.4) is 0 Å². The van der Waals surface area contributed by atoms with Crippen molar-refractivity contribution in [2.24, 2.45) is 0 Å². The van der Waals surface area contributed by atoms with E-state index in [4.69, 9.17) is 21.1 Å². The Bertz CT molecular complexity index is 599. The van der Waals surface area contributed by atoms with Gasteiger partial charge in [-0.25, -0.2) is 0 Å². The third-order valence-corrected chi connectivity index (χ3v) is 4.03. The molecule has 0 saturated carbocycles. The Morgan fingerprint density at radius 1 is 1.29 bits per heavy atom. The standard InChI is InChI=1S/C16H19ClN2O2/c17-12-2-1-3-14(8-12)19-7-6-13(10-19)18-9-15-4-5-16(11-20)21-15/h1-5,8,13,18,20H,6-7,9-11H2/t13-/m0/s1. The lowest BCUT2D eigenvalue weighted by atomic mass is 10.2. The number of benzene rings is 1. The Kier molecular flexibility index (Phi) is 4.48. The van der Waals surface area contributed by atoms with Crippen molar-refractivity contribution in [1.82, 2.24) is 5.32 Å². The average molecular weight is 307 g/mol. The molecule has 0 amide bonds. The van der Waals surface area contributed by atoms with Gasteiger partial charge in [0.2, 0.25) is 0 Å². The Labute approximate surface area is 129 Å². The molecule has 0 spiro atoms. The summed E-state index contributed by atoms with van der Waals surface area (Å²) in [5.41, 5.74) is 1.17. The van der Waals surface area contributed by atoms with Crippen LogP contribution in [0.25, 0.3) is 0 Å². The number of nitrogens with one attached hydrogen (secondary N) is 1. The van der Waals surface area contributed by atoms with Gasteiger partial charge >= 0.3 is 0 Å². The van der Waals surface area contributed by atoms with E-state index in [9.17, 15) is 0 Å². The molecule has 0 bridgehead atoms. The molecule has 1 saturated heterocycles. The van der Waals surface area contributed by atoms with Gasteiger partial charge in [0.1, 0.15) is 18.1 Å². The molecule has 1 aliphatic rings. The molecule has 3 rings (SSSR count). The van der Waals surface area contributed by atoms with Gasteiger partial charge in [-0.15, -0.1) is 0 Å². The molecule has 1 aliphatic heterocycles. The van der Waals surface area contributed by atoms with E-state index in [0.717, 1.165) is 30.3 Å². The summed E-state index contributed by atoms with van der Waals surface area (Å²) in [6, 6.07) is 12.1. The molecular formula is C16H19ClN2O2. The highest BCUT2D eigenvalue weighted by molar-refractivity contribution is 6.30. The highest BCUT2D eigenvalue weighted by Crippen LogP contribution is 2.23. The molecule has 0 radical (unpaired) electrons. The fourth-order valence-corrected chi connectivity index (χ4v) is 2.87. The number of nitrogens with zero attached hydrogens (tertiary/aromatic N) is 1. The molecule has 0 unspecified atom stereocenters. The zero-order valence-electron chi connectivity index (χ0n) is 11.8. The Morgan fingerprint density at radius 2 is 2.14 bits per heavy atom. The van der Waals surface area contributed by atoms with Gasteiger partial charge in [-0.1, -0.05) is 17.7 Å². The van der Waals surface area contributed by atoms with Crippen molar-refractivity contribution in [2.75, 3.05) is 18.0 Å². The zero-order chi connectivity index (χ0) is 14.7. The quantitative estimate of drug-likeness (QED) is 0.892. The number of halogens is 1. The van der Waals surface area contributed by atoms with Gasteiger partial charge in [0.15, 0.2) is 0 Å². The van der Waals surface area contributed by atoms with Crippen LogP contribution < -0.4 is 10.2 Å². The van der Waals surface area contributed by atoms with Crippen LogP contribution in [0, 0.1) is 0 Å². The molecule has 2 aromatic rings. The van der Waals surface area contributed by atoms with E-state index >= 15 is 0 Å². The summed E-state index contributed by atoms with van der Waals surface area (Å²) < 4.78 is 5.48. The van der Waals surface area contributed by atoms with Crippen LogP contribution in [0.15, 0.2) is 40.8 Å². The maximum Gasteiger partial charge on any atom is 0.129 e. The fourth-order valence-electron chi connectivity index (χ4n) is 2.68. The first-order chi connectivity index (χ1) is 10.2. The number of aliphatic hydroxyl groups is 1. The average Bonchev–Trinajstić information content (AvgIpc) is 3.14. The van der Waals surface area contributed by atoms with Crippen LogP contribution in [-0.2, 0) is 13.2 Å². The predicted octanol–water partition coefficient (Wildman–Crippen LogP) is 2.79. The van der Waals surface area contributed by atoms with Crippen LogP contribution in [0.2, 0.25) is 5.02 Å². The van der Waals surface area contributed by atoms with E-state index in [1.807, 2.05) is 30.3 Å². The molecule has 2 N–H and O–H groups in total. The van der Waals surface area contributed by atoms with Crippen molar-refractivity contribution in [3.05, 3.63) is 52.9 Å². The van der Waals surface area contributed by atoms with Crippen molar-refractivity contribution in [3.8, 4) is 0 Å². The SMILES string of the molecule is OCc1ccc(CN[C@H]2CCN(c3cccc(Cl)c3)C2)o1. The molecule has 5 heteroatoms. The number of rotatable bonds is 5. The van der Waals surface area contributed by atoms with Crippen molar-refractivity contribution < 1.29 is 9.52 Å². The minimum absolute atomic E-state index is 0.0496. The van der Waals surface area contributed by atoms with Gasteiger partial charge in [-0.3, -0.25) is 0 Å². The minimum atomic E-state index is -0.0496. The minimum Gasteiger partial charge on any atom is -0.462 e. The van der Waals surface area contributed by atoms with Crippen molar-refractivity contribution in [2.45, 2.75) is 25.6 Å². The lowest BCUT2D eigenvalue weighted by Gasteiger charge is -2.19. The molecular weight excluding hydrogens is 288 g/mol. The molecule has 4 nitrogen and oxygen atoms in total. The summed E-state index contributed by atoms with van der Waals surface area (Å²) in [7, 11) is 0. The normalized spacial score (nSPS) is 18.4. The van der Waals surface area contributed by atoms with Gasteiger partial charge in [0.05, 0.1) is 6.54 Å². The van der Waals surface area contributed by atoms with Crippen LogP contribution in [0.1, 0.15) is 17.9 Å². The van der Waals surface area contributed by atoms with Gasteiger partial charge in [-0.05, 0) is 36.8 Å². The van der Waals surface area contributed by atoms with Crippen LogP contribution in [0.4, 0.5) is 5.69 Å². The number of anilines is 1. The first-order valence-corrected chi connectivity index (χ1v) is 7.55. The third kappa shape index (κ3) is 3.59. The predicted molar refractivity (Wildman–Crippen MR) is 83.5 cm³/mol. The Morgan fingerprint density at radius 3 is 2.90 bits per heavy atom. The van der Waals surface area contributed by atoms with Crippen molar-refractivity contribution in [3.63, 3.8) is 0 Å². The molecule has 0 aliphatic carbocycles. The maximum absolute atomic E-state index is 8.98. The lowest BCUT2D eigenvalue weighted by molar-refractivity contribution is 0.242. The van der Waals surface area contributed by atoms with Crippen molar-refractivity contribution >= 4 is 17.3 Å². The van der Waals surface area contributed by atoms with Crippen molar-refractivity contribution in [1.29, 1.82) is 0 Å². The van der Waals surface area contributed by atoms with E-state index in [1.54, 1.807) is 0 Å².